The summed E-state index contributed by atoms with van der Waals surface area (Å²) in [4.78, 5) is 19.9. The zero-order valence-electron chi connectivity index (χ0n) is 14.6. The number of pyridine rings is 1. The van der Waals surface area contributed by atoms with Gasteiger partial charge in [0.15, 0.2) is 0 Å². The van der Waals surface area contributed by atoms with Gasteiger partial charge in [0.2, 0.25) is 0 Å². The molecule has 0 aliphatic rings. The van der Waals surface area contributed by atoms with E-state index in [-0.39, 0.29) is 5.91 Å². The summed E-state index contributed by atoms with van der Waals surface area (Å²) in [6.45, 7) is 0.434. The van der Waals surface area contributed by atoms with E-state index in [2.05, 4.69) is 27.0 Å². The molecule has 0 bridgehead atoms. The fraction of sp³-hybridized carbons (Fsp3) is 0.0952. The lowest BCUT2D eigenvalue weighted by molar-refractivity contribution is 0.0781. The van der Waals surface area contributed by atoms with Crippen molar-refractivity contribution >= 4 is 33.6 Å². The molecule has 0 atom stereocenters. The van der Waals surface area contributed by atoms with Crippen molar-refractivity contribution in [2.75, 3.05) is 7.05 Å². The number of halogens is 1. The molecule has 0 radical (unpaired) electrons. The molecule has 0 aliphatic heterocycles. The Morgan fingerprint density at radius 2 is 2.00 bits per heavy atom. The molecule has 134 valence electrons. The molecule has 0 saturated heterocycles. The van der Waals surface area contributed by atoms with Crippen molar-refractivity contribution in [1.82, 2.24) is 9.88 Å². The van der Waals surface area contributed by atoms with Crippen LogP contribution in [0.2, 0.25) is 0 Å². The van der Waals surface area contributed by atoms with E-state index in [1.165, 1.54) is 11.8 Å². The SMILES string of the molecule is CN(Cc1cccc(C#N)c1)C(=O)c1ccccc1Sc1ccc(Br)cn1. The maximum atomic E-state index is 13.0. The van der Waals surface area contributed by atoms with Crippen molar-refractivity contribution < 1.29 is 4.79 Å². The third-order valence-electron chi connectivity index (χ3n) is 3.85. The smallest absolute Gasteiger partial charge is 0.255 e. The molecular formula is C21H16BrN3OS. The Morgan fingerprint density at radius 1 is 1.19 bits per heavy atom. The van der Waals surface area contributed by atoms with E-state index in [9.17, 15) is 4.79 Å². The van der Waals surface area contributed by atoms with Gasteiger partial charge in [0.05, 0.1) is 17.2 Å². The number of amides is 1. The van der Waals surface area contributed by atoms with E-state index >= 15 is 0 Å². The first-order chi connectivity index (χ1) is 13.1. The molecule has 0 saturated carbocycles. The molecule has 1 aromatic heterocycles. The number of hydrogen-bond acceptors (Lipinski definition) is 4. The topological polar surface area (TPSA) is 57.0 Å². The van der Waals surface area contributed by atoms with E-state index in [0.29, 0.717) is 17.7 Å². The molecule has 0 N–H and O–H groups in total. The molecule has 6 heteroatoms. The van der Waals surface area contributed by atoms with Gasteiger partial charge < -0.3 is 4.90 Å². The lowest BCUT2D eigenvalue weighted by atomic mass is 10.1. The van der Waals surface area contributed by atoms with Gasteiger partial charge in [0, 0.05) is 29.2 Å². The Kier molecular flexibility index (Phi) is 6.28. The minimum Gasteiger partial charge on any atom is -0.337 e. The summed E-state index contributed by atoms with van der Waals surface area (Å²) < 4.78 is 0.913. The van der Waals surface area contributed by atoms with Crippen molar-refractivity contribution in [3.63, 3.8) is 0 Å². The second-order valence-corrected chi connectivity index (χ2v) is 7.86. The summed E-state index contributed by atoms with van der Waals surface area (Å²) >= 11 is 4.84. The van der Waals surface area contributed by atoms with E-state index in [1.807, 2.05) is 48.5 Å². The van der Waals surface area contributed by atoms with Gasteiger partial charge in [0.25, 0.3) is 5.91 Å². The third-order valence-corrected chi connectivity index (χ3v) is 5.35. The highest BCUT2D eigenvalue weighted by Gasteiger charge is 2.17. The monoisotopic (exact) mass is 437 g/mol. The Balaban J connectivity index is 1.79. The van der Waals surface area contributed by atoms with Gasteiger partial charge in [-0.15, -0.1) is 0 Å². The molecular weight excluding hydrogens is 422 g/mol. The van der Waals surface area contributed by atoms with Gasteiger partial charge >= 0.3 is 0 Å². The van der Waals surface area contributed by atoms with Crippen LogP contribution in [0.3, 0.4) is 0 Å². The third kappa shape index (κ3) is 4.97. The normalized spacial score (nSPS) is 10.3. The van der Waals surface area contributed by atoms with E-state index < -0.39 is 0 Å². The highest BCUT2D eigenvalue weighted by atomic mass is 79.9. The second-order valence-electron chi connectivity index (χ2n) is 5.89. The molecule has 27 heavy (non-hydrogen) atoms. The minimum absolute atomic E-state index is 0.0717. The Bertz CT molecular complexity index is 999. The lowest BCUT2D eigenvalue weighted by Gasteiger charge is -2.19. The summed E-state index contributed by atoms with van der Waals surface area (Å²) in [5.74, 6) is -0.0717. The van der Waals surface area contributed by atoms with Crippen molar-refractivity contribution in [3.05, 3.63) is 88.0 Å². The maximum absolute atomic E-state index is 13.0. The number of carbonyl (C=O) groups excluding carboxylic acids is 1. The first kappa shape index (κ1) is 19.2. The molecule has 0 unspecified atom stereocenters. The quantitative estimate of drug-likeness (QED) is 0.554. The molecule has 4 nitrogen and oxygen atoms in total. The van der Waals surface area contributed by atoms with Gasteiger partial charge in [-0.25, -0.2) is 4.98 Å². The molecule has 0 spiro atoms. The van der Waals surface area contributed by atoms with E-state index in [1.54, 1.807) is 30.3 Å². The van der Waals surface area contributed by atoms with Crippen LogP contribution in [0.4, 0.5) is 0 Å². The number of carbonyl (C=O) groups is 1. The summed E-state index contributed by atoms with van der Waals surface area (Å²) in [7, 11) is 1.76. The summed E-state index contributed by atoms with van der Waals surface area (Å²) in [6, 6.07) is 20.8. The van der Waals surface area contributed by atoms with Crippen molar-refractivity contribution in [3.8, 4) is 6.07 Å². The predicted octanol–water partition coefficient (Wildman–Crippen LogP) is 5.14. The standard InChI is InChI=1S/C21H16BrN3OS/c1-25(14-16-6-4-5-15(11-16)12-23)21(26)18-7-2-3-8-19(18)27-20-10-9-17(22)13-24-20/h2-11,13H,14H2,1H3. The Morgan fingerprint density at radius 3 is 2.74 bits per heavy atom. The number of rotatable bonds is 5. The Hall–Kier alpha value is -2.62. The van der Waals surface area contributed by atoms with E-state index in [4.69, 9.17) is 5.26 Å². The van der Waals surface area contributed by atoms with Crippen LogP contribution >= 0.6 is 27.7 Å². The average molecular weight is 438 g/mol. The van der Waals surface area contributed by atoms with Gasteiger partial charge in [-0.2, -0.15) is 5.26 Å². The molecule has 0 aliphatic carbocycles. The highest BCUT2D eigenvalue weighted by molar-refractivity contribution is 9.10. The van der Waals surface area contributed by atoms with Gasteiger partial charge in [-0.1, -0.05) is 36.0 Å². The summed E-state index contributed by atoms with van der Waals surface area (Å²) in [5.41, 5.74) is 2.14. The predicted molar refractivity (Wildman–Crippen MR) is 109 cm³/mol. The van der Waals surface area contributed by atoms with Crippen LogP contribution in [0.5, 0.6) is 0 Å². The summed E-state index contributed by atoms with van der Waals surface area (Å²) in [5, 5.41) is 9.86. The van der Waals surface area contributed by atoms with E-state index in [0.717, 1.165) is 20.0 Å². The maximum Gasteiger partial charge on any atom is 0.255 e. The second kappa shape index (κ2) is 8.85. The van der Waals surface area contributed by atoms with Crippen molar-refractivity contribution in [1.29, 1.82) is 5.26 Å². The van der Waals surface area contributed by atoms with Gasteiger partial charge in [-0.05, 0) is 57.9 Å². The molecule has 3 rings (SSSR count). The first-order valence-electron chi connectivity index (χ1n) is 8.20. The van der Waals surface area contributed by atoms with Gasteiger partial charge in [-0.3, -0.25) is 4.79 Å². The number of nitriles is 1. The molecule has 0 fully saturated rings. The fourth-order valence-electron chi connectivity index (χ4n) is 2.56. The molecule has 1 amide bonds. The van der Waals surface area contributed by atoms with Crippen LogP contribution in [-0.4, -0.2) is 22.8 Å². The minimum atomic E-state index is -0.0717. The lowest BCUT2D eigenvalue weighted by Crippen LogP contribution is -2.26. The first-order valence-corrected chi connectivity index (χ1v) is 9.80. The van der Waals surface area contributed by atoms with Gasteiger partial charge in [0.1, 0.15) is 5.03 Å². The van der Waals surface area contributed by atoms with Crippen LogP contribution in [0.1, 0.15) is 21.5 Å². The van der Waals surface area contributed by atoms with Crippen LogP contribution in [-0.2, 0) is 6.54 Å². The molecule has 2 aromatic carbocycles. The van der Waals surface area contributed by atoms with Crippen LogP contribution in [0.25, 0.3) is 0 Å². The number of nitrogens with zero attached hydrogens (tertiary/aromatic N) is 3. The van der Waals surface area contributed by atoms with Crippen LogP contribution in [0.15, 0.2) is 81.3 Å². The zero-order valence-corrected chi connectivity index (χ0v) is 17.0. The fourth-order valence-corrected chi connectivity index (χ4v) is 3.67. The average Bonchev–Trinajstić information content (AvgIpc) is 2.69. The molecule has 3 aromatic rings. The van der Waals surface area contributed by atoms with Crippen molar-refractivity contribution in [2.45, 2.75) is 16.5 Å². The largest absolute Gasteiger partial charge is 0.337 e. The molecule has 1 heterocycles. The number of hydrogen-bond donors (Lipinski definition) is 0. The highest BCUT2D eigenvalue weighted by Crippen LogP contribution is 2.30. The number of aromatic nitrogens is 1. The van der Waals surface area contributed by atoms with Crippen LogP contribution in [0, 0.1) is 11.3 Å². The number of benzene rings is 2. The zero-order chi connectivity index (χ0) is 19.2. The van der Waals surface area contributed by atoms with Crippen LogP contribution < -0.4 is 0 Å². The van der Waals surface area contributed by atoms with Crippen molar-refractivity contribution in [2.24, 2.45) is 0 Å². The Labute approximate surface area is 171 Å². The summed E-state index contributed by atoms with van der Waals surface area (Å²) in [6.07, 6.45) is 1.74.